The molecule has 0 fully saturated rings. The Bertz CT molecular complexity index is 918. The monoisotopic (exact) mass is 405 g/mol. The van der Waals surface area contributed by atoms with Gasteiger partial charge in [-0.1, -0.05) is 35.5 Å². The fourth-order valence-electron chi connectivity index (χ4n) is 2.67. The fourth-order valence-corrected chi connectivity index (χ4v) is 3.80. The van der Waals surface area contributed by atoms with E-state index < -0.39 is 17.8 Å². The van der Waals surface area contributed by atoms with Crippen LogP contribution >= 0.6 is 23.4 Å². The number of ether oxygens (including phenoxy) is 1. The van der Waals surface area contributed by atoms with Crippen LogP contribution in [0.25, 0.3) is 0 Å². The van der Waals surface area contributed by atoms with E-state index in [1.165, 1.54) is 37.1 Å². The first kappa shape index (κ1) is 19.4. The Balaban J connectivity index is 1.93. The summed E-state index contributed by atoms with van der Waals surface area (Å²) < 4.78 is 18.4. The summed E-state index contributed by atoms with van der Waals surface area (Å²) in [5.74, 6) is -0.355. The van der Waals surface area contributed by atoms with Crippen LogP contribution in [-0.4, -0.2) is 23.2 Å². The minimum Gasteiger partial charge on any atom is -0.466 e. The number of nitrogens with zero attached hydrogens (tertiary/aromatic N) is 2. The molecule has 1 N–H and O–H groups in total. The van der Waals surface area contributed by atoms with Crippen molar-refractivity contribution < 1.29 is 13.9 Å². The molecule has 2 heterocycles. The summed E-state index contributed by atoms with van der Waals surface area (Å²) in [4.78, 5) is 21.2. The Morgan fingerprint density at radius 2 is 2.19 bits per heavy atom. The van der Waals surface area contributed by atoms with Crippen LogP contribution in [0.3, 0.4) is 0 Å². The van der Waals surface area contributed by atoms with Gasteiger partial charge in [0, 0.05) is 28.2 Å². The molecule has 1 aliphatic rings. The third-order valence-electron chi connectivity index (χ3n) is 3.96. The molecule has 140 valence electrons. The molecule has 1 unspecified atom stereocenters. The number of aromatic nitrogens is 1. The lowest BCUT2D eigenvalue weighted by atomic mass is 9.96. The fraction of sp³-hybridized carbons (Fsp3) is 0.211. The van der Waals surface area contributed by atoms with Crippen LogP contribution in [0.1, 0.15) is 24.2 Å². The first-order valence-electron chi connectivity index (χ1n) is 8.11. The molecule has 1 aliphatic heterocycles. The summed E-state index contributed by atoms with van der Waals surface area (Å²) in [5, 5.41) is 3.95. The lowest BCUT2D eigenvalue weighted by molar-refractivity contribution is -0.136. The zero-order valence-corrected chi connectivity index (χ0v) is 16.3. The highest BCUT2D eigenvalue weighted by molar-refractivity contribution is 8.13. The van der Waals surface area contributed by atoms with Gasteiger partial charge in [0.05, 0.1) is 18.4 Å². The Morgan fingerprint density at radius 1 is 1.37 bits per heavy atom. The number of allylic oxidation sites excluding steroid dienone is 1. The number of hydrogen-bond acceptors (Lipinski definition) is 6. The summed E-state index contributed by atoms with van der Waals surface area (Å²) >= 11 is 7.68. The van der Waals surface area contributed by atoms with E-state index in [9.17, 15) is 9.18 Å². The molecule has 0 amide bonds. The highest BCUT2D eigenvalue weighted by Crippen LogP contribution is 2.36. The molecule has 0 saturated carbocycles. The van der Waals surface area contributed by atoms with Gasteiger partial charge in [-0.15, -0.1) is 0 Å². The number of rotatable bonds is 4. The summed E-state index contributed by atoms with van der Waals surface area (Å²) in [6, 6.07) is 9.05. The van der Waals surface area contributed by atoms with Crippen molar-refractivity contribution in [1.29, 1.82) is 0 Å². The van der Waals surface area contributed by atoms with Crippen molar-refractivity contribution in [2.75, 3.05) is 7.11 Å². The predicted octanol–water partition coefficient (Wildman–Crippen LogP) is 4.25. The van der Waals surface area contributed by atoms with E-state index in [1.54, 1.807) is 13.1 Å². The SMILES string of the molecule is COC(=O)C1=C(C)NC(SCc2ccccn2)=NC1c1ccc(F)cc1Cl. The second kappa shape index (κ2) is 8.54. The van der Waals surface area contributed by atoms with Crippen molar-refractivity contribution >= 4 is 34.5 Å². The second-order valence-corrected chi connectivity index (χ2v) is 7.14. The molecule has 2 aromatic rings. The van der Waals surface area contributed by atoms with Gasteiger partial charge in [-0.25, -0.2) is 14.2 Å². The maximum absolute atomic E-state index is 13.5. The Kier molecular flexibility index (Phi) is 6.13. The number of benzene rings is 1. The molecular formula is C19H17ClFN3O2S. The number of nitrogens with one attached hydrogen (secondary N) is 1. The third-order valence-corrected chi connectivity index (χ3v) is 5.21. The number of carbonyl (C=O) groups excluding carboxylic acids is 1. The first-order chi connectivity index (χ1) is 13.0. The largest absolute Gasteiger partial charge is 0.466 e. The minimum atomic E-state index is -0.682. The molecule has 1 aromatic carbocycles. The minimum absolute atomic E-state index is 0.203. The number of thioether (sulfide) groups is 1. The van der Waals surface area contributed by atoms with Crippen molar-refractivity contribution in [2.24, 2.45) is 4.99 Å². The predicted molar refractivity (Wildman–Crippen MR) is 105 cm³/mol. The zero-order valence-electron chi connectivity index (χ0n) is 14.7. The number of halogens is 2. The van der Waals surface area contributed by atoms with E-state index in [0.29, 0.717) is 27.8 Å². The van der Waals surface area contributed by atoms with E-state index >= 15 is 0 Å². The van der Waals surface area contributed by atoms with Crippen molar-refractivity contribution in [3.05, 3.63) is 76.0 Å². The number of aliphatic imine (C=N–C) groups is 1. The van der Waals surface area contributed by atoms with E-state index in [1.807, 2.05) is 18.2 Å². The second-order valence-electron chi connectivity index (χ2n) is 5.77. The van der Waals surface area contributed by atoms with Crippen LogP contribution in [0.2, 0.25) is 5.02 Å². The van der Waals surface area contributed by atoms with E-state index in [-0.39, 0.29) is 5.02 Å². The quantitative estimate of drug-likeness (QED) is 0.770. The average Bonchev–Trinajstić information content (AvgIpc) is 2.66. The molecule has 27 heavy (non-hydrogen) atoms. The normalized spacial score (nSPS) is 16.6. The van der Waals surface area contributed by atoms with Gasteiger partial charge in [0.15, 0.2) is 5.17 Å². The number of pyridine rings is 1. The molecule has 1 aromatic heterocycles. The van der Waals surface area contributed by atoms with Gasteiger partial charge in [0.1, 0.15) is 11.9 Å². The Hall–Kier alpha value is -2.38. The molecule has 5 nitrogen and oxygen atoms in total. The topological polar surface area (TPSA) is 63.6 Å². The summed E-state index contributed by atoms with van der Waals surface area (Å²) in [6.07, 6.45) is 1.73. The number of hydrogen-bond donors (Lipinski definition) is 1. The summed E-state index contributed by atoms with van der Waals surface area (Å²) in [7, 11) is 1.31. The van der Waals surface area contributed by atoms with Gasteiger partial charge < -0.3 is 10.1 Å². The van der Waals surface area contributed by atoms with E-state index in [0.717, 1.165) is 5.69 Å². The van der Waals surface area contributed by atoms with Gasteiger partial charge in [0.2, 0.25) is 0 Å². The molecule has 8 heteroatoms. The van der Waals surface area contributed by atoms with Crippen LogP contribution < -0.4 is 5.32 Å². The zero-order chi connectivity index (χ0) is 19.4. The van der Waals surface area contributed by atoms with Crippen LogP contribution in [-0.2, 0) is 15.3 Å². The maximum atomic E-state index is 13.5. The van der Waals surface area contributed by atoms with Gasteiger partial charge >= 0.3 is 5.97 Å². The first-order valence-corrected chi connectivity index (χ1v) is 9.47. The van der Waals surface area contributed by atoms with Crippen molar-refractivity contribution in [3.8, 4) is 0 Å². The van der Waals surface area contributed by atoms with Crippen molar-refractivity contribution in [1.82, 2.24) is 10.3 Å². The average molecular weight is 406 g/mol. The van der Waals surface area contributed by atoms with E-state index in [2.05, 4.69) is 15.3 Å². The molecule has 0 aliphatic carbocycles. The third kappa shape index (κ3) is 4.48. The molecule has 0 bridgehead atoms. The van der Waals surface area contributed by atoms with Crippen molar-refractivity contribution in [2.45, 2.75) is 18.7 Å². The van der Waals surface area contributed by atoms with Gasteiger partial charge in [-0.2, -0.15) is 0 Å². The van der Waals surface area contributed by atoms with Crippen LogP contribution in [0, 0.1) is 5.82 Å². The number of methoxy groups -OCH3 is 1. The number of esters is 1. The lowest BCUT2D eigenvalue weighted by Gasteiger charge is -2.26. The molecule has 0 saturated heterocycles. The Labute approximate surface area is 165 Å². The molecular weight excluding hydrogens is 389 g/mol. The Morgan fingerprint density at radius 3 is 2.85 bits per heavy atom. The van der Waals surface area contributed by atoms with Crippen LogP contribution in [0.15, 0.2) is 58.9 Å². The highest BCUT2D eigenvalue weighted by Gasteiger charge is 2.31. The number of amidine groups is 1. The summed E-state index contributed by atoms with van der Waals surface area (Å²) in [6.45, 7) is 1.77. The van der Waals surface area contributed by atoms with Gasteiger partial charge in [0.25, 0.3) is 0 Å². The lowest BCUT2D eigenvalue weighted by Crippen LogP contribution is -2.30. The molecule has 0 radical (unpaired) electrons. The van der Waals surface area contributed by atoms with Crippen molar-refractivity contribution in [3.63, 3.8) is 0 Å². The number of carbonyl (C=O) groups is 1. The van der Waals surface area contributed by atoms with Gasteiger partial charge in [-0.05, 0) is 31.2 Å². The molecule has 1 atom stereocenters. The smallest absolute Gasteiger partial charge is 0.338 e. The molecule has 3 rings (SSSR count). The van der Waals surface area contributed by atoms with Gasteiger partial charge in [-0.3, -0.25) is 4.98 Å². The molecule has 0 spiro atoms. The summed E-state index contributed by atoms with van der Waals surface area (Å²) in [5.41, 5.74) is 2.40. The maximum Gasteiger partial charge on any atom is 0.338 e. The van der Waals surface area contributed by atoms with E-state index in [4.69, 9.17) is 16.3 Å². The highest BCUT2D eigenvalue weighted by atomic mass is 35.5. The van der Waals surface area contributed by atoms with Crippen LogP contribution in [0.4, 0.5) is 4.39 Å². The van der Waals surface area contributed by atoms with Crippen LogP contribution in [0.5, 0.6) is 0 Å². The standard InChI is InChI=1S/C19H17ClFN3O2S/c1-11-16(18(25)26-2)17(14-7-6-12(21)9-15(14)20)24-19(23-11)27-10-13-5-3-4-8-22-13/h3-9,17H,10H2,1-2H3,(H,23,24).